The molecule has 0 aliphatic heterocycles. The highest BCUT2D eigenvalue weighted by Crippen LogP contribution is 2.37. The number of hydrogen-bond donors (Lipinski definition) is 3. The van der Waals surface area contributed by atoms with Gasteiger partial charge in [-0.05, 0) is 80.3 Å². The minimum absolute atomic E-state index is 0.00241. The van der Waals surface area contributed by atoms with Crippen LogP contribution in [0.4, 0.5) is 10.2 Å². The van der Waals surface area contributed by atoms with E-state index in [1.54, 1.807) is 36.7 Å². The lowest BCUT2D eigenvalue weighted by Gasteiger charge is -2.15. The number of aromatic nitrogens is 3. The zero-order valence-electron chi connectivity index (χ0n) is 21.8. The molecule has 2 heterocycles. The first kappa shape index (κ1) is 26.9. The lowest BCUT2D eigenvalue weighted by molar-refractivity contribution is -0.124. The van der Waals surface area contributed by atoms with E-state index in [0.29, 0.717) is 30.4 Å². The van der Waals surface area contributed by atoms with Gasteiger partial charge in [0.2, 0.25) is 5.91 Å². The standard InChI is InChI=1S/C29H32ClFN6O2/c1-32-27-24-11-14-37(28(24)36-18-35-27)22-7-4-20(16-22)29(38)34-13-2-12-33-17-19-3-10-26(25(31)15-19)39-23-8-5-21(30)6-9-23/h3,5-6,8-11,14-15,18,20,22,33H,2,4,7,12-13,16-17H2,1H3,(H,34,38)(H,32,35,36). The third kappa shape index (κ3) is 6.49. The van der Waals surface area contributed by atoms with Crippen molar-refractivity contribution in [1.82, 2.24) is 25.2 Å². The second-order valence-electron chi connectivity index (χ2n) is 9.74. The monoisotopic (exact) mass is 550 g/mol. The molecule has 8 nitrogen and oxygen atoms in total. The fourth-order valence-electron chi connectivity index (χ4n) is 5.08. The molecule has 2 unspecified atom stereocenters. The number of nitrogens with one attached hydrogen (secondary N) is 3. The van der Waals surface area contributed by atoms with Crippen molar-refractivity contribution in [3.63, 3.8) is 0 Å². The summed E-state index contributed by atoms with van der Waals surface area (Å²) in [6.07, 6.45) is 7.01. The maximum Gasteiger partial charge on any atom is 0.223 e. The van der Waals surface area contributed by atoms with Gasteiger partial charge in [-0.3, -0.25) is 4.79 Å². The van der Waals surface area contributed by atoms with E-state index in [2.05, 4.69) is 30.5 Å². The van der Waals surface area contributed by atoms with Gasteiger partial charge in [0.05, 0.1) is 5.39 Å². The molecule has 39 heavy (non-hydrogen) atoms. The number of rotatable bonds is 11. The molecule has 4 aromatic rings. The zero-order valence-corrected chi connectivity index (χ0v) is 22.5. The summed E-state index contributed by atoms with van der Waals surface area (Å²) in [7, 11) is 1.85. The molecular weight excluding hydrogens is 519 g/mol. The highest BCUT2D eigenvalue weighted by molar-refractivity contribution is 6.30. The van der Waals surface area contributed by atoms with Crippen LogP contribution in [0.1, 0.15) is 37.3 Å². The van der Waals surface area contributed by atoms with Crippen molar-refractivity contribution >= 4 is 34.4 Å². The molecule has 3 N–H and O–H groups in total. The predicted octanol–water partition coefficient (Wildman–Crippen LogP) is 5.70. The molecule has 10 heteroatoms. The molecule has 1 aliphatic carbocycles. The molecule has 2 atom stereocenters. The van der Waals surface area contributed by atoms with Crippen LogP contribution in [0.3, 0.4) is 0 Å². The quantitative estimate of drug-likeness (QED) is 0.208. The molecule has 1 saturated carbocycles. The summed E-state index contributed by atoms with van der Waals surface area (Å²) in [4.78, 5) is 21.5. The van der Waals surface area contributed by atoms with Gasteiger partial charge in [0, 0.05) is 43.3 Å². The average molecular weight is 551 g/mol. The number of fused-ring (bicyclic) bond motifs is 1. The molecule has 2 aromatic carbocycles. The molecule has 0 radical (unpaired) electrons. The predicted molar refractivity (Wildman–Crippen MR) is 151 cm³/mol. The molecular formula is C29H32ClFN6O2. The Morgan fingerprint density at radius 3 is 2.77 bits per heavy atom. The Labute approximate surface area is 231 Å². The third-order valence-corrected chi connectivity index (χ3v) is 7.36. The van der Waals surface area contributed by atoms with Gasteiger partial charge in [-0.25, -0.2) is 14.4 Å². The Morgan fingerprint density at radius 1 is 1.13 bits per heavy atom. The van der Waals surface area contributed by atoms with Gasteiger partial charge in [-0.1, -0.05) is 17.7 Å². The molecule has 0 saturated heterocycles. The van der Waals surface area contributed by atoms with Gasteiger partial charge in [0.15, 0.2) is 11.6 Å². The second kappa shape index (κ2) is 12.4. The van der Waals surface area contributed by atoms with Crippen molar-refractivity contribution in [1.29, 1.82) is 0 Å². The van der Waals surface area contributed by atoms with E-state index in [9.17, 15) is 9.18 Å². The van der Waals surface area contributed by atoms with Crippen molar-refractivity contribution in [3.05, 3.63) is 77.5 Å². The number of amides is 1. The van der Waals surface area contributed by atoms with Crippen molar-refractivity contribution in [2.45, 2.75) is 38.3 Å². The normalized spacial score (nSPS) is 16.9. The van der Waals surface area contributed by atoms with Gasteiger partial charge in [-0.2, -0.15) is 0 Å². The number of carbonyl (C=O) groups excluding carboxylic acids is 1. The van der Waals surface area contributed by atoms with Crippen LogP contribution in [-0.2, 0) is 11.3 Å². The van der Waals surface area contributed by atoms with E-state index >= 15 is 0 Å². The summed E-state index contributed by atoms with van der Waals surface area (Å²) in [5.41, 5.74) is 1.72. The smallest absolute Gasteiger partial charge is 0.223 e. The van der Waals surface area contributed by atoms with Crippen LogP contribution in [-0.4, -0.2) is 40.6 Å². The van der Waals surface area contributed by atoms with E-state index in [1.165, 1.54) is 6.07 Å². The van der Waals surface area contributed by atoms with E-state index < -0.39 is 5.82 Å². The minimum atomic E-state index is -0.422. The van der Waals surface area contributed by atoms with Crippen molar-refractivity contribution in [3.8, 4) is 11.5 Å². The van der Waals surface area contributed by atoms with Gasteiger partial charge in [-0.15, -0.1) is 0 Å². The highest BCUT2D eigenvalue weighted by Gasteiger charge is 2.31. The first-order valence-corrected chi connectivity index (χ1v) is 13.6. The number of halogens is 2. The summed E-state index contributed by atoms with van der Waals surface area (Å²) in [5, 5.41) is 11.1. The van der Waals surface area contributed by atoms with Crippen LogP contribution in [0.5, 0.6) is 11.5 Å². The number of nitrogens with zero attached hydrogens (tertiary/aromatic N) is 3. The summed E-state index contributed by atoms with van der Waals surface area (Å²) in [6.45, 7) is 1.83. The van der Waals surface area contributed by atoms with Crippen LogP contribution in [0.2, 0.25) is 5.02 Å². The topological polar surface area (TPSA) is 93.1 Å². The first-order chi connectivity index (χ1) is 19.0. The van der Waals surface area contributed by atoms with Crippen LogP contribution in [0.15, 0.2) is 61.1 Å². The summed E-state index contributed by atoms with van der Waals surface area (Å²) in [6, 6.07) is 14.0. The molecule has 1 fully saturated rings. The fourth-order valence-corrected chi connectivity index (χ4v) is 5.21. The van der Waals surface area contributed by atoms with Gasteiger partial charge in [0.25, 0.3) is 0 Å². The summed E-state index contributed by atoms with van der Waals surface area (Å²) in [5.74, 6) is 1.19. The number of benzene rings is 2. The SMILES string of the molecule is CNc1ncnc2c1ccn2C1CCC(C(=O)NCCCNCc2ccc(Oc3ccc(Cl)cc3)c(F)c2)C1. The summed E-state index contributed by atoms with van der Waals surface area (Å²) < 4.78 is 22.2. The van der Waals surface area contributed by atoms with Crippen LogP contribution in [0.25, 0.3) is 11.0 Å². The molecule has 1 aliphatic rings. The van der Waals surface area contributed by atoms with E-state index in [1.807, 2.05) is 25.4 Å². The zero-order chi connectivity index (χ0) is 27.2. The number of carbonyl (C=O) groups is 1. The molecule has 5 rings (SSSR count). The average Bonchev–Trinajstić information content (AvgIpc) is 3.60. The Kier molecular flexibility index (Phi) is 8.58. The number of ether oxygens (including phenoxy) is 1. The van der Waals surface area contributed by atoms with Crippen LogP contribution >= 0.6 is 11.6 Å². The Hall–Kier alpha value is -3.69. The second-order valence-corrected chi connectivity index (χ2v) is 10.2. The van der Waals surface area contributed by atoms with Gasteiger partial charge in [0.1, 0.15) is 23.5 Å². The highest BCUT2D eigenvalue weighted by atomic mass is 35.5. The molecule has 1 amide bonds. The molecule has 204 valence electrons. The summed E-state index contributed by atoms with van der Waals surface area (Å²) >= 11 is 5.88. The lowest BCUT2D eigenvalue weighted by atomic mass is 10.1. The molecule has 0 bridgehead atoms. The minimum Gasteiger partial charge on any atom is -0.454 e. The Balaban J connectivity index is 1.01. The number of hydrogen-bond acceptors (Lipinski definition) is 6. The van der Waals surface area contributed by atoms with Crippen molar-refractivity contribution in [2.75, 3.05) is 25.5 Å². The first-order valence-electron chi connectivity index (χ1n) is 13.2. The van der Waals surface area contributed by atoms with E-state index in [4.69, 9.17) is 16.3 Å². The Morgan fingerprint density at radius 2 is 1.97 bits per heavy atom. The fraction of sp³-hybridized carbons (Fsp3) is 0.345. The lowest BCUT2D eigenvalue weighted by Crippen LogP contribution is -2.31. The van der Waals surface area contributed by atoms with Gasteiger partial charge >= 0.3 is 0 Å². The van der Waals surface area contributed by atoms with Gasteiger partial charge < -0.3 is 25.3 Å². The van der Waals surface area contributed by atoms with Crippen molar-refractivity contribution < 1.29 is 13.9 Å². The van der Waals surface area contributed by atoms with E-state index in [-0.39, 0.29) is 23.6 Å². The van der Waals surface area contributed by atoms with Crippen LogP contribution in [0, 0.1) is 11.7 Å². The number of anilines is 1. The van der Waals surface area contributed by atoms with Crippen molar-refractivity contribution in [2.24, 2.45) is 5.92 Å². The van der Waals surface area contributed by atoms with E-state index in [0.717, 1.165) is 48.1 Å². The third-order valence-electron chi connectivity index (χ3n) is 7.11. The molecule has 2 aromatic heterocycles. The Bertz CT molecular complexity index is 1430. The largest absolute Gasteiger partial charge is 0.454 e. The molecule has 0 spiro atoms. The maximum absolute atomic E-state index is 14.5. The van der Waals surface area contributed by atoms with Crippen LogP contribution < -0.4 is 20.7 Å². The maximum atomic E-state index is 14.5.